The second-order valence-corrected chi connectivity index (χ2v) is 11.2. The Morgan fingerprint density at radius 2 is 1.90 bits per heavy atom. The first kappa shape index (κ1) is 21.8. The number of nitrogens with one attached hydrogen (secondary N) is 1. The van der Waals surface area contributed by atoms with Gasteiger partial charge in [-0.2, -0.15) is 4.98 Å². The van der Waals surface area contributed by atoms with E-state index >= 15 is 0 Å². The summed E-state index contributed by atoms with van der Waals surface area (Å²) >= 11 is 6.18. The fourth-order valence-electron chi connectivity index (χ4n) is 3.99. The van der Waals surface area contributed by atoms with Crippen LogP contribution in [0.4, 0.5) is 11.6 Å². The predicted molar refractivity (Wildman–Crippen MR) is 123 cm³/mol. The van der Waals surface area contributed by atoms with E-state index in [4.69, 9.17) is 11.6 Å². The molecule has 0 saturated heterocycles. The van der Waals surface area contributed by atoms with E-state index < -0.39 is 15.1 Å². The van der Waals surface area contributed by atoms with Gasteiger partial charge in [0.25, 0.3) is 5.56 Å². The van der Waals surface area contributed by atoms with Crippen LogP contribution in [0.15, 0.2) is 40.2 Å². The Morgan fingerprint density at radius 1 is 1.19 bits per heavy atom. The summed E-state index contributed by atoms with van der Waals surface area (Å²) in [5.41, 5.74) is 1.78. The summed E-state index contributed by atoms with van der Waals surface area (Å²) in [5.74, 6) is 0.337. The van der Waals surface area contributed by atoms with E-state index in [0.717, 1.165) is 31.2 Å². The van der Waals surface area contributed by atoms with Crippen LogP contribution < -0.4 is 10.9 Å². The molecular formula is C22H25ClN4O3S. The quantitative estimate of drug-likeness (QED) is 0.588. The normalized spacial score (nSPS) is 15.1. The molecule has 1 N–H and O–H groups in total. The highest BCUT2D eigenvalue weighted by molar-refractivity contribution is 7.92. The molecule has 0 spiro atoms. The highest BCUT2D eigenvalue weighted by atomic mass is 35.5. The molecular weight excluding hydrogens is 436 g/mol. The number of hydrogen-bond donors (Lipinski definition) is 1. The van der Waals surface area contributed by atoms with Crippen molar-refractivity contribution in [2.75, 3.05) is 5.32 Å². The molecule has 0 amide bonds. The molecule has 3 aromatic rings. The molecule has 1 aliphatic rings. The van der Waals surface area contributed by atoms with Crippen LogP contribution in [0.1, 0.15) is 51.1 Å². The predicted octanol–water partition coefficient (Wildman–Crippen LogP) is 4.79. The third-order valence-electron chi connectivity index (χ3n) is 5.81. The number of rotatable bonds is 5. The number of aromatic nitrogens is 3. The zero-order valence-corrected chi connectivity index (χ0v) is 19.3. The van der Waals surface area contributed by atoms with Gasteiger partial charge in [-0.1, -0.05) is 24.4 Å². The van der Waals surface area contributed by atoms with Crippen LogP contribution in [0.2, 0.25) is 5.02 Å². The summed E-state index contributed by atoms with van der Waals surface area (Å²) in [5, 5.41) is 3.54. The lowest BCUT2D eigenvalue weighted by molar-refractivity contribution is 0.516. The molecule has 1 fully saturated rings. The van der Waals surface area contributed by atoms with Gasteiger partial charge in [-0.25, -0.2) is 13.4 Å². The van der Waals surface area contributed by atoms with Gasteiger partial charge >= 0.3 is 0 Å². The maximum absolute atomic E-state index is 12.8. The topological polar surface area (TPSA) is 94.0 Å². The number of benzene rings is 1. The first-order valence-corrected chi connectivity index (χ1v) is 12.3. The maximum atomic E-state index is 12.8. The van der Waals surface area contributed by atoms with Crippen molar-refractivity contribution in [2.45, 2.75) is 62.6 Å². The minimum absolute atomic E-state index is 0.0821. The molecule has 0 atom stereocenters. The maximum Gasteiger partial charge on any atom is 0.271 e. The number of fused-ring (bicyclic) bond motifs is 1. The smallest absolute Gasteiger partial charge is 0.271 e. The molecule has 0 aliphatic heterocycles. The average Bonchev–Trinajstić information content (AvgIpc) is 3.25. The van der Waals surface area contributed by atoms with E-state index in [1.807, 2.05) is 6.92 Å². The zero-order chi connectivity index (χ0) is 22.3. The van der Waals surface area contributed by atoms with E-state index in [9.17, 15) is 13.2 Å². The van der Waals surface area contributed by atoms with Gasteiger partial charge in [-0.3, -0.25) is 9.36 Å². The monoisotopic (exact) mass is 460 g/mol. The van der Waals surface area contributed by atoms with Crippen LogP contribution in [-0.4, -0.2) is 28.2 Å². The van der Waals surface area contributed by atoms with Crippen LogP contribution in [0.5, 0.6) is 0 Å². The molecule has 2 aromatic heterocycles. The van der Waals surface area contributed by atoms with Gasteiger partial charge in [-0.15, -0.1) is 0 Å². The Bertz CT molecular complexity index is 1310. The molecule has 2 heterocycles. The SMILES string of the molecule is Cc1cc(S(=O)(=O)C(C)C)ccc1Nc1ncc2cc(Cl)c(=O)n(C3CCCC3)c2n1. The fraction of sp³-hybridized carbons (Fsp3) is 0.409. The molecule has 4 rings (SSSR count). The average molecular weight is 461 g/mol. The Balaban J connectivity index is 1.74. The number of pyridine rings is 1. The number of halogens is 1. The molecule has 0 unspecified atom stereocenters. The Labute approximate surface area is 186 Å². The highest BCUT2D eigenvalue weighted by Crippen LogP contribution is 2.31. The molecule has 0 bridgehead atoms. The highest BCUT2D eigenvalue weighted by Gasteiger charge is 2.23. The van der Waals surface area contributed by atoms with Crippen LogP contribution >= 0.6 is 11.6 Å². The Morgan fingerprint density at radius 3 is 2.55 bits per heavy atom. The number of anilines is 2. The Hall–Kier alpha value is -2.45. The second kappa shape index (κ2) is 8.24. The molecule has 1 aliphatic carbocycles. The van der Waals surface area contributed by atoms with Gasteiger partial charge < -0.3 is 5.32 Å². The van der Waals surface area contributed by atoms with Gasteiger partial charge in [0.1, 0.15) is 10.7 Å². The van der Waals surface area contributed by atoms with Crippen molar-refractivity contribution in [1.29, 1.82) is 0 Å². The van der Waals surface area contributed by atoms with Crippen LogP contribution in [0.3, 0.4) is 0 Å². The molecule has 1 saturated carbocycles. The third-order valence-corrected chi connectivity index (χ3v) is 8.24. The van der Waals surface area contributed by atoms with E-state index in [-0.39, 0.29) is 21.5 Å². The summed E-state index contributed by atoms with van der Waals surface area (Å²) in [7, 11) is -3.35. The van der Waals surface area contributed by atoms with Crippen LogP contribution in [0, 0.1) is 6.92 Å². The van der Waals surface area contributed by atoms with Gasteiger partial charge in [0.05, 0.1) is 10.1 Å². The molecule has 0 radical (unpaired) electrons. The summed E-state index contributed by atoms with van der Waals surface area (Å²) in [6, 6.07) is 6.63. The zero-order valence-electron chi connectivity index (χ0n) is 17.7. The summed E-state index contributed by atoms with van der Waals surface area (Å²) in [6.45, 7) is 5.16. The number of nitrogens with zero attached hydrogens (tertiary/aromatic N) is 3. The number of aryl methyl sites for hydroxylation is 1. The van der Waals surface area contributed by atoms with Gasteiger partial charge in [0.15, 0.2) is 9.84 Å². The molecule has 31 heavy (non-hydrogen) atoms. The van der Waals surface area contributed by atoms with E-state index in [0.29, 0.717) is 22.7 Å². The molecule has 1 aromatic carbocycles. The number of hydrogen-bond acceptors (Lipinski definition) is 6. The minimum atomic E-state index is -3.35. The first-order valence-electron chi connectivity index (χ1n) is 10.4. The van der Waals surface area contributed by atoms with Crippen LogP contribution in [0.25, 0.3) is 11.0 Å². The Kier molecular flexibility index (Phi) is 5.79. The van der Waals surface area contributed by atoms with Crippen molar-refractivity contribution in [3.63, 3.8) is 0 Å². The van der Waals surface area contributed by atoms with E-state index in [1.165, 1.54) is 0 Å². The van der Waals surface area contributed by atoms with E-state index in [2.05, 4.69) is 15.3 Å². The summed E-state index contributed by atoms with van der Waals surface area (Å²) < 4.78 is 26.6. The molecule has 164 valence electrons. The van der Waals surface area contributed by atoms with Gasteiger partial charge in [-0.05, 0) is 63.4 Å². The van der Waals surface area contributed by atoms with Gasteiger partial charge in [0, 0.05) is 23.3 Å². The lowest BCUT2D eigenvalue weighted by atomic mass is 10.2. The largest absolute Gasteiger partial charge is 0.324 e. The fourth-order valence-corrected chi connectivity index (χ4v) is 5.35. The molecule has 7 nitrogen and oxygen atoms in total. The van der Waals surface area contributed by atoms with E-state index in [1.54, 1.807) is 48.9 Å². The number of sulfone groups is 1. The summed E-state index contributed by atoms with van der Waals surface area (Å²) in [4.78, 5) is 22.0. The first-order chi connectivity index (χ1) is 14.7. The minimum Gasteiger partial charge on any atom is -0.324 e. The summed E-state index contributed by atoms with van der Waals surface area (Å²) in [6.07, 6.45) is 5.65. The van der Waals surface area contributed by atoms with Crippen molar-refractivity contribution in [3.8, 4) is 0 Å². The van der Waals surface area contributed by atoms with Crippen molar-refractivity contribution in [3.05, 3.63) is 51.4 Å². The lowest BCUT2D eigenvalue weighted by Gasteiger charge is -2.17. The van der Waals surface area contributed by atoms with Crippen molar-refractivity contribution in [2.24, 2.45) is 0 Å². The van der Waals surface area contributed by atoms with Crippen molar-refractivity contribution < 1.29 is 8.42 Å². The van der Waals surface area contributed by atoms with Crippen LogP contribution in [-0.2, 0) is 9.84 Å². The third kappa shape index (κ3) is 4.06. The van der Waals surface area contributed by atoms with Gasteiger partial charge in [0.2, 0.25) is 5.95 Å². The van der Waals surface area contributed by atoms with Crippen molar-refractivity contribution >= 4 is 44.1 Å². The van der Waals surface area contributed by atoms with Crippen molar-refractivity contribution in [1.82, 2.24) is 14.5 Å². The standard InChI is InChI=1S/C22H25ClN4O3S/c1-13(2)31(29,30)17-8-9-19(14(3)10-17)25-22-24-12-15-11-18(23)21(28)27(20(15)26-22)16-6-4-5-7-16/h8-13,16H,4-7H2,1-3H3,(H,24,25,26). The molecule has 9 heteroatoms. The lowest BCUT2D eigenvalue weighted by Crippen LogP contribution is -2.25. The second-order valence-electron chi connectivity index (χ2n) is 8.27.